The highest BCUT2D eigenvalue weighted by Crippen LogP contribution is 2.44. The Kier molecular flexibility index (Phi) is 7.48. The summed E-state index contributed by atoms with van der Waals surface area (Å²) in [5, 5.41) is 14.7. The van der Waals surface area contributed by atoms with Gasteiger partial charge in [-0.2, -0.15) is 17.0 Å². The summed E-state index contributed by atoms with van der Waals surface area (Å²) in [4.78, 5) is 12.7. The number of aliphatic hydroxyl groups is 1. The maximum Gasteiger partial charge on any atom is 0.282 e. The molecule has 2 unspecified atom stereocenters. The maximum atomic E-state index is 13.6. The van der Waals surface area contributed by atoms with Gasteiger partial charge in [-0.3, -0.25) is 4.79 Å². The fraction of sp³-hybridized carbons (Fsp3) is 0.826. The van der Waals surface area contributed by atoms with Crippen molar-refractivity contribution in [2.75, 3.05) is 26.4 Å². The fourth-order valence-corrected chi connectivity index (χ4v) is 8.96. The number of nitrogens with two attached hydrogens (primary N) is 1. The Hall–Kier alpha value is -1.57. The Morgan fingerprint density at radius 3 is 2.17 bits per heavy atom. The van der Waals surface area contributed by atoms with E-state index in [1.807, 2.05) is 4.31 Å². The number of nitrogens with one attached hydrogen (secondary N) is 1. The molecule has 12 heteroatoms. The first kappa shape index (κ1) is 25.1. The third-order valence-corrected chi connectivity index (χ3v) is 10.4. The van der Waals surface area contributed by atoms with Crippen LogP contribution in [0.15, 0.2) is 10.6 Å². The largest absolute Gasteiger partial charge is 0.395 e. The third kappa shape index (κ3) is 4.88. The molecule has 5 fully saturated rings. The van der Waals surface area contributed by atoms with Gasteiger partial charge in [-0.15, -0.1) is 0 Å². The molecule has 1 amide bonds. The van der Waals surface area contributed by atoms with Crippen molar-refractivity contribution in [2.45, 2.75) is 93.9 Å². The fourth-order valence-electron chi connectivity index (χ4n) is 6.43. The van der Waals surface area contributed by atoms with E-state index in [1.54, 1.807) is 10.4 Å². The second-order valence-corrected chi connectivity index (χ2v) is 12.1. The van der Waals surface area contributed by atoms with E-state index in [0.717, 1.165) is 44.9 Å². The highest BCUT2D eigenvalue weighted by Gasteiger charge is 2.53. The van der Waals surface area contributed by atoms with Crippen molar-refractivity contribution < 1.29 is 27.6 Å². The van der Waals surface area contributed by atoms with Crippen molar-refractivity contribution in [2.24, 2.45) is 5.73 Å². The molecule has 0 radical (unpaired) electrons. The summed E-state index contributed by atoms with van der Waals surface area (Å²) < 4.78 is 41.4. The summed E-state index contributed by atoms with van der Waals surface area (Å²) >= 11 is 0. The van der Waals surface area contributed by atoms with Crippen LogP contribution in [0, 0.1) is 0 Å². The van der Waals surface area contributed by atoms with Crippen molar-refractivity contribution in [3.05, 3.63) is 17.5 Å². The zero-order valence-corrected chi connectivity index (χ0v) is 20.9. The van der Waals surface area contributed by atoms with Gasteiger partial charge in [-0.25, -0.2) is 0 Å². The second kappa shape index (κ2) is 10.4. The summed E-state index contributed by atoms with van der Waals surface area (Å²) in [6, 6.07) is 1.96. The topological polar surface area (TPSA) is 151 Å². The maximum absolute atomic E-state index is 13.6. The van der Waals surface area contributed by atoms with Crippen LogP contribution in [-0.4, -0.2) is 89.8 Å². The number of aliphatic hydroxyl groups excluding tert-OH is 1. The van der Waals surface area contributed by atoms with Crippen LogP contribution in [-0.2, 0) is 14.9 Å². The molecule has 5 saturated heterocycles. The number of fused-ring (bicyclic) bond motifs is 4. The Bertz CT molecular complexity index is 966. The quantitative estimate of drug-likeness (QED) is 0.505. The monoisotopic (exact) mass is 511 g/mol. The zero-order valence-electron chi connectivity index (χ0n) is 20.0. The number of carbonyl (C=O) groups is 1. The third-order valence-electron chi connectivity index (χ3n) is 8.09. The van der Waals surface area contributed by atoms with Crippen molar-refractivity contribution in [1.82, 2.24) is 19.1 Å². The van der Waals surface area contributed by atoms with Crippen LogP contribution in [0.3, 0.4) is 0 Å². The minimum Gasteiger partial charge on any atom is -0.395 e. The van der Waals surface area contributed by atoms with Gasteiger partial charge in [0.05, 0.1) is 25.7 Å². The number of hydrogen-bond acceptors (Lipinski definition) is 8. The van der Waals surface area contributed by atoms with Gasteiger partial charge in [0.2, 0.25) is 0 Å². The van der Waals surface area contributed by atoms with E-state index in [4.69, 9.17) is 20.1 Å². The Labute approximate surface area is 206 Å². The molecule has 4 bridgehead atoms. The number of amides is 1. The van der Waals surface area contributed by atoms with Gasteiger partial charge < -0.3 is 25.4 Å². The molecular formula is C23H37N5O6S. The molecule has 196 valence electrons. The summed E-state index contributed by atoms with van der Waals surface area (Å²) in [7, 11) is -3.45. The number of aromatic nitrogens is 1. The lowest BCUT2D eigenvalue weighted by Gasteiger charge is -2.43. The molecule has 4 atom stereocenters. The number of hydrogen-bond donors (Lipinski definition) is 3. The highest BCUT2D eigenvalue weighted by atomic mass is 32.2. The van der Waals surface area contributed by atoms with Gasteiger partial charge in [-0.05, 0) is 51.4 Å². The molecule has 5 aliphatic heterocycles. The van der Waals surface area contributed by atoms with Gasteiger partial charge in [0.15, 0.2) is 5.69 Å². The standard InChI is InChI=1S/C21H30N4O5S.C2H7NO/c26-21(19-10-20(30-23-19)13-11-29-12-13)22-14-8-17-6-7-18(9-14)25(17)31(27,28)24-15-2-1-3-16(24)5-4-15;3-1-2-4/h10,13-18H,1-9,11-12H2,(H,22,26);4H,1-3H2/t15?,16?,17-,18-;/m0./s1. The molecule has 11 nitrogen and oxygen atoms in total. The smallest absolute Gasteiger partial charge is 0.282 e. The predicted octanol–water partition coefficient (Wildman–Crippen LogP) is 0.713. The van der Waals surface area contributed by atoms with E-state index in [1.165, 1.54) is 0 Å². The number of carbonyl (C=O) groups excluding carboxylic acids is 1. The van der Waals surface area contributed by atoms with Gasteiger partial charge in [0, 0.05) is 42.8 Å². The lowest BCUT2D eigenvalue weighted by atomic mass is 9.99. The SMILES string of the molecule is NCCO.O=C(NC1C[C@@H]2CC[C@@H](C1)N2S(=O)(=O)N1C2CCCC1CC2)c1cc(C2COC2)on1. The van der Waals surface area contributed by atoms with E-state index in [2.05, 4.69) is 10.5 Å². The molecule has 6 rings (SSSR count). The molecule has 5 aliphatic rings. The number of nitrogens with zero attached hydrogens (tertiary/aromatic N) is 3. The molecule has 35 heavy (non-hydrogen) atoms. The van der Waals surface area contributed by atoms with Crippen LogP contribution in [0.5, 0.6) is 0 Å². The number of ether oxygens (including phenoxy) is 1. The van der Waals surface area contributed by atoms with E-state index >= 15 is 0 Å². The van der Waals surface area contributed by atoms with E-state index in [9.17, 15) is 13.2 Å². The summed E-state index contributed by atoms with van der Waals surface area (Å²) in [6.07, 6.45) is 8.17. The van der Waals surface area contributed by atoms with Crippen molar-refractivity contribution in [3.63, 3.8) is 0 Å². The Balaban J connectivity index is 0.000000591. The van der Waals surface area contributed by atoms with Crippen LogP contribution < -0.4 is 11.1 Å². The van der Waals surface area contributed by atoms with Gasteiger partial charge in [0.1, 0.15) is 5.76 Å². The van der Waals surface area contributed by atoms with E-state index in [0.29, 0.717) is 38.4 Å². The predicted molar refractivity (Wildman–Crippen MR) is 127 cm³/mol. The van der Waals surface area contributed by atoms with Crippen LogP contribution in [0.4, 0.5) is 0 Å². The zero-order chi connectivity index (χ0) is 24.6. The normalized spacial score (nSPS) is 33.1. The first-order chi connectivity index (χ1) is 16.9. The van der Waals surface area contributed by atoms with Crippen LogP contribution in [0.25, 0.3) is 0 Å². The molecule has 0 spiro atoms. The molecule has 0 aromatic carbocycles. The van der Waals surface area contributed by atoms with Crippen molar-refractivity contribution in [1.29, 1.82) is 0 Å². The first-order valence-electron chi connectivity index (χ1n) is 12.9. The molecule has 6 heterocycles. The van der Waals surface area contributed by atoms with Gasteiger partial charge in [-0.1, -0.05) is 11.6 Å². The van der Waals surface area contributed by atoms with E-state index in [-0.39, 0.29) is 54.3 Å². The lowest BCUT2D eigenvalue weighted by Crippen LogP contribution is -2.58. The van der Waals surface area contributed by atoms with Gasteiger partial charge in [0.25, 0.3) is 16.1 Å². The highest BCUT2D eigenvalue weighted by molar-refractivity contribution is 7.86. The summed E-state index contributed by atoms with van der Waals surface area (Å²) in [6.45, 7) is 1.68. The average molecular weight is 512 g/mol. The summed E-state index contributed by atoms with van der Waals surface area (Å²) in [5.74, 6) is 0.627. The van der Waals surface area contributed by atoms with Gasteiger partial charge >= 0.3 is 0 Å². The molecule has 4 N–H and O–H groups in total. The minimum atomic E-state index is -3.45. The lowest BCUT2D eigenvalue weighted by molar-refractivity contribution is -0.00228. The molecule has 1 aromatic heterocycles. The van der Waals surface area contributed by atoms with E-state index < -0.39 is 10.2 Å². The van der Waals surface area contributed by atoms with Crippen molar-refractivity contribution in [3.8, 4) is 0 Å². The average Bonchev–Trinajstić information content (AvgIpc) is 3.47. The second-order valence-electron chi connectivity index (χ2n) is 10.4. The van der Waals surface area contributed by atoms with Crippen molar-refractivity contribution >= 4 is 16.1 Å². The number of piperidine rings is 2. The van der Waals surface area contributed by atoms with Crippen LogP contribution >= 0.6 is 0 Å². The molecule has 0 saturated carbocycles. The van der Waals surface area contributed by atoms with Crippen LogP contribution in [0.2, 0.25) is 0 Å². The Morgan fingerprint density at radius 1 is 1.06 bits per heavy atom. The Morgan fingerprint density at radius 2 is 1.63 bits per heavy atom. The minimum absolute atomic E-state index is 0.0321. The number of rotatable bonds is 6. The first-order valence-corrected chi connectivity index (χ1v) is 14.3. The molecule has 1 aromatic rings. The molecular weight excluding hydrogens is 474 g/mol. The van der Waals surface area contributed by atoms with Crippen LogP contribution in [0.1, 0.15) is 80.0 Å². The summed E-state index contributed by atoms with van der Waals surface area (Å²) in [5.41, 5.74) is 5.06. The molecule has 0 aliphatic carbocycles.